The molecule has 0 N–H and O–H groups in total. The first kappa shape index (κ1) is 20.3. The number of amides is 1. The van der Waals surface area contributed by atoms with E-state index in [0.717, 1.165) is 35.4 Å². The van der Waals surface area contributed by atoms with Crippen LogP contribution in [0.25, 0.3) is 11.1 Å². The van der Waals surface area contributed by atoms with Crippen molar-refractivity contribution in [2.75, 3.05) is 13.1 Å². The van der Waals surface area contributed by atoms with E-state index in [-0.39, 0.29) is 17.8 Å². The summed E-state index contributed by atoms with van der Waals surface area (Å²) in [7, 11) is 0. The number of hydrogen-bond donors (Lipinski definition) is 0. The van der Waals surface area contributed by atoms with E-state index in [1.165, 1.54) is 12.1 Å². The number of likely N-dealkylation sites (tertiary alicyclic amines) is 1. The van der Waals surface area contributed by atoms with Crippen LogP contribution in [0.5, 0.6) is 0 Å². The minimum Gasteiger partial charge on any atom is -0.337 e. The first-order valence-corrected chi connectivity index (χ1v) is 10.5. The van der Waals surface area contributed by atoms with Gasteiger partial charge >= 0.3 is 0 Å². The number of carbonyl (C=O) groups is 1. The van der Waals surface area contributed by atoms with Gasteiger partial charge in [0.15, 0.2) is 0 Å². The molecule has 3 heterocycles. The van der Waals surface area contributed by atoms with Gasteiger partial charge in [0.2, 0.25) is 0 Å². The topological polar surface area (TPSA) is 51.0 Å². The van der Waals surface area contributed by atoms with Crippen molar-refractivity contribution >= 4 is 5.91 Å². The van der Waals surface area contributed by atoms with Crippen LogP contribution < -0.4 is 0 Å². The number of nitrogens with zero attached hydrogens (tertiary/aromatic N) is 4. The molecule has 0 bridgehead atoms. The maximum absolute atomic E-state index is 13.3. The van der Waals surface area contributed by atoms with E-state index in [9.17, 15) is 9.18 Å². The monoisotopic (exact) mass is 406 g/mol. The lowest BCUT2D eigenvalue weighted by atomic mass is 9.91. The minimum absolute atomic E-state index is 0.0452. The molecule has 1 aliphatic heterocycles. The maximum Gasteiger partial charge on any atom is 0.272 e. The van der Waals surface area contributed by atoms with Crippen LogP contribution in [-0.4, -0.2) is 38.7 Å². The number of aromatic nitrogens is 3. The highest BCUT2D eigenvalue weighted by molar-refractivity contribution is 5.92. The molecule has 5 nitrogen and oxygen atoms in total. The lowest BCUT2D eigenvalue weighted by Crippen LogP contribution is -2.39. The van der Waals surface area contributed by atoms with Gasteiger partial charge in [0.1, 0.15) is 11.5 Å². The Morgan fingerprint density at radius 3 is 2.43 bits per heavy atom. The highest BCUT2D eigenvalue weighted by atomic mass is 19.1. The van der Waals surface area contributed by atoms with Gasteiger partial charge in [0.05, 0.1) is 0 Å². The van der Waals surface area contributed by atoms with Crippen LogP contribution in [0.3, 0.4) is 0 Å². The molecule has 1 aromatic carbocycles. The molecule has 1 fully saturated rings. The minimum atomic E-state index is -0.236. The second-order valence-electron chi connectivity index (χ2n) is 8.25. The lowest BCUT2D eigenvalue weighted by molar-refractivity contribution is 0.0697. The Kier molecular flexibility index (Phi) is 5.66. The second kappa shape index (κ2) is 8.38. The van der Waals surface area contributed by atoms with Gasteiger partial charge in [-0.3, -0.25) is 14.5 Å². The van der Waals surface area contributed by atoms with Crippen molar-refractivity contribution < 1.29 is 9.18 Å². The fraction of sp³-hybridized carbons (Fsp3) is 0.375. The van der Waals surface area contributed by atoms with E-state index in [1.807, 2.05) is 31.7 Å². The van der Waals surface area contributed by atoms with Gasteiger partial charge in [-0.05, 0) is 75.1 Å². The molecule has 2 aromatic heterocycles. The quantitative estimate of drug-likeness (QED) is 0.613. The molecule has 30 heavy (non-hydrogen) atoms. The van der Waals surface area contributed by atoms with Gasteiger partial charge in [-0.25, -0.2) is 4.39 Å². The average molecular weight is 407 g/mol. The highest BCUT2D eigenvalue weighted by Gasteiger charge is 2.27. The van der Waals surface area contributed by atoms with Crippen LogP contribution in [0.2, 0.25) is 0 Å². The number of hydrogen-bond acceptors (Lipinski definition) is 3. The smallest absolute Gasteiger partial charge is 0.272 e. The maximum atomic E-state index is 13.3. The molecular weight excluding hydrogens is 379 g/mol. The van der Waals surface area contributed by atoms with Crippen molar-refractivity contribution in [2.45, 2.75) is 45.6 Å². The summed E-state index contributed by atoms with van der Waals surface area (Å²) in [4.78, 5) is 19.7. The van der Waals surface area contributed by atoms with Crippen LogP contribution >= 0.6 is 0 Å². The molecule has 156 valence electrons. The molecule has 0 atom stereocenters. The largest absolute Gasteiger partial charge is 0.337 e. The first-order chi connectivity index (χ1) is 14.4. The molecule has 0 unspecified atom stereocenters. The summed E-state index contributed by atoms with van der Waals surface area (Å²) in [6, 6.07) is 12.6. The predicted molar refractivity (Wildman–Crippen MR) is 115 cm³/mol. The fourth-order valence-corrected chi connectivity index (χ4v) is 4.15. The molecular formula is C24H27FN4O. The van der Waals surface area contributed by atoms with Crippen molar-refractivity contribution in [3.63, 3.8) is 0 Å². The molecule has 0 aliphatic carbocycles. The number of benzene rings is 1. The average Bonchev–Trinajstić information content (AvgIpc) is 3.24. The summed E-state index contributed by atoms with van der Waals surface area (Å²) in [5, 5.41) is 4.28. The SMILES string of the molecule is Cc1cc(-c2ccc(F)cc2)cc(C2CCN(C(=O)c3ccnn3C(C)C)CC2)n1. The first-order valence-electron chi connectivity index (χ1n) is 10.5. The molecule has 1 amide bonds. The zero-order chi connectivity index (χ0) is 21.3. The zero-order valence-corrected chi connectivity index (χ0v) is 17.7. The molecule has 1 saturated heterocycles. The van der Waals surface area contributed by atoms with E-state index in [0.29, 0.717) is 24.7 Å². The number of carbonyl (C=O) groups excluding carboxylic acids is 1. The number of pyridine rings is 1. The summed E-state index contributed by atoms with van der Waals surface area (Å²) >= 11 is 0. The van der Waals surface area contributed by atoms with Crippen LogP contribution in [0.4, 0.5) is 4.39 Å². The molecule has 4 rings (SSSR count). The van der Waals surface area contributed by atoms with Crippen LogP contribution in [-0.2, 0) is 0 Å². The van der Waals surface area contributed by atoms with E-state index in [1.54, 1.807) is 29.1 Å². The number of halogens is 1. The third-order valence-corrected chi connectivity index (χ3v) is 5.73. The Labute approximate surface area is 176 Å². The van der Waals surface area contributed by atoms with E-state index >= 15 is 0 Å². The third kappa shape index (κ3) is 4.13. The van der Waals surface area contributed by atoms with E-state index in [2.05, 4.69) is 11.2 Å². The molecule has 6 heteroatoms. The van der Waals surface area contributed by atoms with Crippen molar-refractivity contribution in [1.82, 2.24) is 19.7 Å². The number of rotatable bonds is 4. The van der Waals surface area contributed by atoms with E-state index < -0.39 is 0 Å². The van der Waals surface area contributed by atoms with Gasteiger partial charge in [0, 0.05) is 42.6 Å². The van der Waals surface area contributed by atoms with Crippen LogP contribution in [0, 0.1) is 12.7 Å². The van der Waals surface area contributed by atoms with Crippen molar-refractivity contribution in [3.8, 4) is 11.1 Å². The standard InChI is InChI=1S/C24H27FN4O/c1-16(2)29-23(8-11-26-29)24(30)28-12-9-19(10-13-28)22-15-20(14-17(3)27-22)18-4-6-21(25)7-5-18/h4-8,11,14-16,19H,9-10,12-13H2,1-3H3. The Hall–Kier alpha value is -3.02. The summed E-state index contributed by atoms with van der Waals surface area (Å²) < 4.78 is 15.1. The molecule has 0 radical (unpaired) electrons. The Morgan fingerprint density at radius 1 is 1.07 bits per heavy atom. The summed E-state index contributed by atoms with van der Waals surface area (Å²) in [5.41, 5.74) is 4.69. The Balaban J connectivity index is 1.48. The van der Waals surface area contributed by atoms with Crippen molar-refractivity contribution in [1.29, 1.82) is 0 Å². The second-order valence-corrected chi connectivity index (χ2v) is 8.25. The van der Waals surface area contributed by atoms with Gasteiger partial charge in [-0.1, -0.05) is 12.1 Å². The van der Waals surface area contributed by atoms with Gasteiger partial charge in [0.25, 0.3) is 5.91 Å². The van der Waals surface area contributed by atoms with Crippen molar-refractivity contribution in [3.05, 3.63) is 71.6 Å². The van der Waals surface area contributed by atoms with Gasteiger partial charge in [-0.2, -0.15) is 5.10 Å². The predicted octanol–water partition coefficient (Wildman–Crippen LogP) is 4.99. The van der Waals surface area contributed by atoms with Crippen molar-refractivity contribution in [2.24, 2.45) is 0 Å². The van der Waals surface area contributed by atoms with Gasteiger partial charge < -0.3 is 4.90 Å². The lowest BCUT2D eigenvalue weighted by Gasteiger charge is -2.32. The zero-order valence-electron chi connectivity index (χ0n) is 17.7. The number of piperidine rings is 1. The van der Waals surface area contributed by atoms with Crippen LogP contribution in [0.15, 0.2) is 48.7 Å². The normalized spacial score (nSPS) is 15.0. The Morgan fingerprint density at radius 2 is 1.77 bits per heavy atom. The van der Waals surface area contributed by atoms with Crippen LogP contribution in [0.1, 0.15) is 60.5 Å². The number of aryl methyl sites for hydroxylation is 1. The molecule has 0 saturated carbocycles. The highest BCUT2D eigenvalue weighted by Crippen LogP contribution is 2.31. The third-order valence-electron chi connectivity index (χ3n) is 5.73. The Bertz CT molecular complexity index is 1030. The molecule has 3 aromatic rings. The summed E-state index contributed by atoms with van der Waals surface area (Å²) in [5.74, 6) is 0.118. The molecule has 0 spiro atoms. The van der Waals surface area contributed by atoms with Gasteiger partial charge in [-0.15, -0.1) is 0 Å². The fourth-order valence-electron chi connectivity index (χ4n) is 4.15. The molecule has 1 aliphatic rings. The summed E-state index contributed by atoms with van der Waals surface area (Å²) in [6.07, 6.45) is 3.44. The van der Waals surface area contributed by atoms with E-state index in [4.69, 9.17) is 4.98 Å². The summed E-state index contributed by atoms with van der Waals surface area (Å²) in [6.45, 7) is 7.45.